The summed E-state index contributed by atoms with van der Waals surface area (Å²) in [6, 6.07) is 30.1. The number of amides is 2. The van der Waals surface area contributed by atoms with E-state index in [0.29, 0.717) is 23.5 Å². The molecule has 0 fully saturated rings. The molecule has 1 aliphatic rings. The smallest absolute Gasteiger partial charge is 0.260 e. The Balaban J connectivity index is 1.24. The largest absolute Gasteiger partial charge is 0.354 e. The summed E-state index contributed by atoms with van der Waals surface area (Å²) in [5.74, 6) is -0.112. The van der Waals surface area contributed by atoms with Crippen LogP contribution in [0.15, 0.2) is 116 Å². The van der Waals surface area contributed by atoms with Gasteiger partial charge >= 0.3 is 0 Å². The lowest BCUT2D eigenvalue weighted by molar-refractivity contribution is 0.0984. The van der Waals surface area contributed by atoms with Crippen LogP contribution < -0.4 is 15.5 Å². The zero-order valence-corrected chi connectivity index (χ0v) is 20.3. The van der Waals surface area contributed by atoms with Crippen LogP contribution in [0.3, 0.4) is 0 Å². The summed E-state index contributed by atoms with van der Waals surface area (Å²) < 4.78 is 0. The molecule has 38 heavy (non-hydrogen) atoms. The van der Waals surface area contributed by atoms with Crippen molar-refractivity contribution in [3.63, 3.8) is 0 Å². The van der Waals surface area contributed by atoms with Gasteiger partial charge in [-0.05, 0) is 53.6 Å². The van der Waals surface area contributed by atoms with Crippen LogP contribution in [0.2, 0.25) is 0 Å². The van der Waals surface area contributed by atoms with Crippen molar-refractivity contribution in [2.75, 3.05) is 15.5 Å². The van der Waals surface area contributed by atoms with Gasteiger partial charge < -0.3 is 15.5 Å². The lowest BCUT2D eigenvalue weighted by Gasteiger charge is -2.22. The van der Waals surface area contributed by atoms with Crippen LogP contribution in [-0.2, 0) is 6.54 Å². The average Bonchev–Trinajstić information content (AvgIpc) is 3.14. The number of hydrogen-bond acceptors (Lipinski definition) is 5. The van der Waals surface area contributed by atoms with Crippen LogP contribution in [-0.4, -0.2) is 21.8 Å². The van der Waals surface area contributed by atoms with Crippen LogP contribution in [0, 0.1) is 0 Å². The number of pyridine rings is 2. The van der Waals surface area contributed by atoms with Crippen molar-refractivity contribution in [3.8, 4) is 11.1 Å². The van der Waals surface area contributed by atoms with Crippen molar-refractivity contribution in [2.24, 2.45) is 0 Å². The first-order valence-corrected chi connectivity index (χ1v) is 12.2. The van der Waals surface area contributed by atoms with E-state index < -0.39 is 0 Å². The molecule has 2 aromatic heterocycles. The SMILES string of the molecule is O=C(Nc1ccc(C(=O)N2Cc3ccccc3Nc3ccccc32)cn1)c1ccccc1-c1cccnc1. The molecule has 3 aromatic carbocycles. The number of anilines is 4. The molecular formula is C31H23N5O2. The third-order valence-corrected chi connectivity index (χ3v) is 6.45. The Morgan fingerprint density at radius 2 is 1.58 bits per heavy atom. The van der Waals surface area contributed by atoms with Gasteiger partial charge in [-0.25, -0.2) is 4.98 Å². The summed E-state index contributed by atoms with van der Waals surface area (Å²) in [6.45, 7) is 0.419. The fourth-order valence-electron chi connectivity index (χ4n) is 4.57. The van der Waals surface area contributed by atoms with Gasteiger partial charge in [-0.15, -0.1) is 0 Å². The minimum atomic E-state index is -0.292. The molecule has 2 N–H and O–H groups in total. The van der Waals surface area contributed by atoms with E-state index in [-0.39, 0.29) is 11.8 Å². The van der Waals surface area contributed by atoms with Gasteiger partial charge in [0.1, 0.15) is 5.82 Å². The summed E-state index contributed by atoms with van der Waals surface area (Å²) in [6.07, 6.45) is 4.91. The Morgan fingerprint density at radius 1 is 0.789 bits per heavy atom. The first kappa shape index (κ1) is 23.1. The fraction of sp³-hybridized carbons (Fsp3) is 0.0323. The Hall–Kier alpha value is -5.30. The molecule has 2 amide bonds. The maximum Gasteiger partial charge on any atom is 0.260 e. The van der Waals surface area contributed by atoms with Gasteiger partial charge in [0.15, 0.2) is 0 Å². The molecule has 5 aromatic rings. The van der Waals surface area contributed by atoms with Crippen LogP contribution in [0.1, 0.15) is 26.3 Å². The van der Waals surface area contributed by atoms with E-state index in [1.165, 1.54) is 6.20 Å². The lowest BCUT2D eigenvalue weighted by Crippen LogP contribution is -2.30. The van der Waals surface area contributed by atoms with E-state index in [1.807, 2.05) is 78.9 Å². The predicted octanol–water partition coefficient (Wildman–Crippen LogP) is 6.30. The number of carbonyl (C=O) groups is 2. The van der Waals surface area contributed by atoms with Crippen molar-refractivity contribution in [2.45, 2.75) is 6.54 Å². The lowest BCUT2D eigenvalue weighted by atomic mass is 10.0. The predicted molar refractivity (Wildman–Crippen MR) is 149 cm³/mol. The number of nitrogens with zero attached hydrogens (tertiary/aromatic N) is 3. The Kier molecular flexibility index (Phi) is 6.08. The Labute approximate surface area is 219 Å². The number of fused-ring (bicyclic) bond motifs is 2. The summed E-state index contributed by atoms with van der Waals surface area (Å²) in [4.78, 5) is 37.0. The van der Waals surface area contributed by atoms with Crippen molar-refractivity contribution in [3.05, 3.63) is 132 Å². The van der Waals surface area contributed by atoms with Crippen molar-refractivity contribution in [1.82, 2.24) is 9.97 Å². The number of benzene rings is 3. The maximum absolute atomic E-state index is 13.6. The van der Waals surface area contributed by atoms with E-state index in [1.54, 1.807) is 35.5 Å². The minimum Gasteiger partial charge on any atom is -0.354 e. The van der Waals surface area contributed by atoms with Gasteiger partial charge in [0.2, 0.25) is 0 Å². The van der Waals surface area contributed by atoms with Crippen molar-refractivity contribution < 1.29 is 9.59 Å². The minimum absolute atomic E-state index is 0.178. The van der Waals surface area contributed by atoms with Gasteiger partial charge in [0, 0.05) is 35.4 Å². The highest BCUT2D eigenvalue weighted by Crippen LogP contribution is 2.36. The molecule has 0 bridgehead atoms. The first-order chi connectivity index (χ1) is 18.7. The molecule has 0 radical (unpaired) electrons. The van der Waals surface area contributed by atoms with Gasteiger partial charge in [-0.3, -0.25) is 14.6 Å². The zero-order valence-electron chi connectivity index (χ0n) is 20.3. The van der Waals surface area contributed by atoms with Gasteiger partial charge in [0.05, 0.1) is 23.5 Å². The number of aromatic nitrogens is 2. The highest BCUT2D eigenvalue weighted by Gasteiger charge is 2.25. The number of nitrogens with one attached hydrogen (secondary N) is 2. The van der Waals surface area contributed by atoms with E-state index in [4.69, 9.17) is 0 Å². The normalized spacial score (nSPS) is 11.9. The molecule has 0 spiro atoms. The molecule has 184 valence electrons. The molecule has 0 saturated carbocycles. The Bertz CT molecular complexity index is 1630. The molecule has 0 saturated heterocycles. The van der Waals surface area contributed by atoms with E-state index >= 15 is 0 Å². The molecule has 3 heterocycles. The quantitative estimate of drug-likeness (QED) is 0.304. The number of hydrogen-bond donors (Lipinski definition) is 2. The summed E-state index contributed by atoms with van der Waals surface area (Å²) >= 11 is 0. The zero-order chi connectivity index (χ0) is 25.9. The van der Waals surface area contributed by atoms with Crippen LogP contribution >= 0.6 is 0 Å². The van der Waals surface area contributed by atoms with Crippen molar-refractivity contribution >= 4 is 34.7 Å². The van der Waals surface area contributed by atoms with E-state index in [2.05, 4.69) is 20.6 Å². The van der Waals surface area contributed by atoms with Gasteiger partial charge in [-0.2, -0.15) is 0 Å². The third kappa shape index (κ3) is 4.49. The summed E-state index contributed by atoms with van der Waals surface area (Å²) in [7, 11) is 0. The van der Waals surface area contributed by atoms with Crippen LogP contribution in [0.4, 0.5) is 22.9 Å². The molecule has 6 rings (SSSR count). The Morgan fingerprint density at radius 3 is 2.39 bits per heavy atom. The molecule has 0 unspecified atom stereocenters. The van der Waals surface area contributed by atoms with E-state index in [0.717, 1.165) is 33.8 Å². The first-order valence-electron chi connectivity index (χ1n) is 12.2. The van der Waals surface area contributed by atoms with Gasteiger partial charge in [-0.1, -0.05) is 54.6 Å². The van der Waals surface area contributed by atoms with E-state index in [9.17, 15) is 9.59 Å². The summed E-state index contributed by atoms with van der Waals surface area (Å²) in [5.41, 5.74) is 6.19. The molecule has 1 aliphatic heterocycles. The molecule has 0 aliphatic carbocycles. The topological polar surface area (TPSA) is 87.2 Å². The summed E-state index contributed by atoms with van der Waals surface area (Å²) in [5, 5.41) is 6.29. The van der Waals surface area contributed by atoms with Crippen LogP contribution in [0.25, 0.3) is 11.1 Å². The molecule has 7 heteroatoms. The van der Waals surface area contributed by atoms with Crippen LogP contribution in [0.5, 0.6) is 0 Å². The second kappa shape index (κ2) is 9.99. The molecular weight excluding hydrogens is 474 g/mol. The highest BCUT2D eigenvalue weighted by atomic mass is 16.2. The van der Waals surface area contributed by atoms with Crippen molar-refractivity contribution in [1.29, 1.82) is 0 Å². The highest BCUT2D eigenvalue weighted by molar-refractivity contribution is 6.10. The second-order valence-corrected chi connectivity index (χ2v) is 8.86. The number of rotatable bonds is 4. The standard InChI is InChI=1S/C31H23N5O2/c37-30(25-11-3-2-10-24(25)21-9-7-17-32-18-21)35-29-16-15-22(19-33-29)31(38)36-20-23-8-1-4-12-26(23)34-27-13-5-6-14-28(27)36/h1-19,34H,20H2,(H,33,35,37). The fourth-order valence-corrected chi connectivity index (χ4v) is 4.57. The number of para-hydroxylation sites is 3. The third-order valence-electron chi connectivity index (χ3n) is 6.45. The monoisotopic (exact) mass is 497 g/mol. The molecule has 7 nitrogen and oxygen atoms in total. The molecule has 0 atom stereocenters. The maximum atomic E-state index is 13.6. The average molecular weight is 498 g/mol. The second-order valence-electron chi connectivity index (χ2n) is 8.86. The van der Waals surface area contributed by atoms with Gasteiger partial charge in [0.25, 0.3) is 11.8 Å². The number of carbonyl (C=O) groups excluding carboxylic acids is 2.